The van der Waals surface area contributed by atoms with Gasteiger partial charge in [-0.1, -0.05) is 5.92 Å². The highest BCUT2D eigenvalue weighted by Gasteiger charge is 2.14. The molecule has 2 heterocycles. The van der Waals surface area contributed by atoms with Crippen LogP contribution in [0, 0.1) is 24.1 Å². The third-order valence-electron chi connectivity index (χ3n) is 1.92. The lowest BCUT2D eigenvalue weighted by atomic mass is 10.1. The lowest BCUT2D eigenvalue weighted by Crippen LogP contribution is -2.00. The SMILES string of the molecule is C#Cc1c(F)c(F)nc2nc(N)ccc12. The van der Waals surface area contributed by atoms with Crippen LogP contribution in [-0.4, -0.2) is 9.97 Å². The predicted octanol–water partition coefficient (Wildman–Crippen LogP) is 1.47. The molecule has 0 aromatic carbocycles. The van der Waals surface area contributed by atoms with Gasteiger partial charge in [0.25, 0.3) is 5.95 Å². The van der Waals surface area contributed by atoms with E-state index in [1.165, 1.54) is 12.1 Å². The largest absolute Gasteiger partial charge is 0.384 e. The monoisotopic (exact) mass is 205 g/mol. The summed E-state index contributed by atoms with van der Waals surface area (Å²) in [5.41, 5.74) is 5.20. The van der Waals surface area contributed by atoms with Gasteiger partial charge in [-0.3, -0.25) is 0 Å². The third-order valence-corrected chi connectivity index (χ3v) is 1.92. The van der Waals surface area contributed by atoms with Gasteiger partial charge in [-0.25, -0.2) is 9.37 Å². The zero-order valence-electron chi connectivity index (χ0n) is 7.46. The number of nitrogens with two attached hydrogens (primary N) is 1. The number of aromatic nitrogens is 2. The molecular weight excluding hydrogens is 200 g/mol. The molecule has 0 aliphatic rings. The summed E-state index contributed by atoms with van der Waals surface area (Å²) in [6, 6.07) is 2.91. The van der Waals surface area contributed by atoms with Gasteiger partial charge < -0.3 is 5.73 Å². The first-order chi connectivity index (χ1) is 7.13. The Balaban J connectivity index is 2.96. The maximum absolute atomic E-state index is 13.2. The molecule has 0 atom stereocenters. The topological polar surface area (TPSA) is 51.8 Å². The minimum atomic E-state index is -1.27. The van der Waals surface area contributed by atoms with Crippen LogP contribution in [0.4, 0.5) is 14.6 Å². The number of hydrogen-bond acceptors (Lipinski definition) is 3. The average molecular weight is 205 g/mol. The van der Waals surface area contributed by atoms with Crippen LogP contribution in [0.3, 0.4) is 0 Å². The normalized spacial score (nSPS) is 10.2. The Hall–Kier alpha value is -2.22. The van der Waals surface area contributed by atoms with Crippen LogP contribution in [-0.2, 0) is 0 Å². The van der Waals surface area contributed by atoms with Gasteiger partial charge >= 0.3 is 0 Å². The van der Waals surface area contributed by atoms with Crippen molar-refractivity contribution in [2.24, 2.45) is 0 Å². The van der Waals surface area contributed by atoms with Crippen molar-refractivity contribution in [1.29, 1.82) is 0 Å². The second-order valence-corrected chi connectivity index (χ2v) is 2.84. The third kappa shape index (κ3) is 1.36. The molecule has 2 aromatic heterocycles. The second-order valence-electron chi connectivity index (χ2n) is 2.84. The highest BCUT2D eigenvalue weighted by molar-refractivity contribution is 5.83. The molecule has 15 heavy (non-hydrogen) atoms. The first-order valence-electron chi connectivity index (χ1n) is 4.01. The van der Waals surface area contributed by atoms with E-state index in [1.54, 1.807) is 0 Å². The molecule has 2 rings (SSSR count). The summed E-state index contributed by atoms with van der Waals surface area (Å²) in [6.45, 7) is 0. The van der Waals surface area contributed by atoms with Gasteiger partial charge in [0.2, 0.25) is 0 Å². The fraction of sp³-hybridized carbons (Fsp3) is 0. The van der Waals surface area contributed by atoms with Crippen LogP contribution in [0.1, 0.15) is 5.56 Å². The second kappa shape index (κ2) is 3.17. The van der Waals surface area contributed by atoms with Crippen molar-refractivity contribution >= 4 is 16.9 Å². The van der Waals surface area contributed by atoms with Gasteiger partial charge in [-0.15, -0.1) is 6.42 Å². The number of terminal acetylenes is 1. The lowest BCUT2D eigenvalue weighted by molar-refractivity contribution is 0.481. The van der Waals surface area contributed by atoms with Gasteiger partial charge in [0.1, 0.15) is 5.82 Å². The van der Waals surface area contributed by atoms with Crippen LogP contribution in [0.2, 0.25) is 0 Å². The number of rotatable bonds is 0. The summed E-state index contributed by atoms with van der Waals surface area (Å²) in [6.07, 6.45) is 5.08. The Bertz CT molecular complexity index is 587. The number of halogens is 2. The average Bonchev–Trinajstić information content (AvgIpc) is 2.20. The summed E-state index contributed by atoms with van der Waals surface area (Å²) >= 11 is 0. The molecule has 5 heteroatoms. The number of fused-ring (bicyclic) bond motifs is 1. The first kappa shape index (κ1) is 9.34. The van der Waals surface area contributed by atoms with E-state index < -0.39 is 11.8 Å². The fourth-order valence-electron chi connectivity index (χ4n) is 1.25. The molecule has 2 N–H and O–H groups in total. The molecule has 2 aromatic rings. The molecule has 0 saturated carbocycles. The van der Waals surface area contributed by atoms with E-state index in [9.17, 15) is 8.78 Å². The molecule has 0 bridgehead atoms. The van der Waals surface area contributed by atoms with Crippen molar-refractivity contribution in [2.45, 2.75) is 0 Å². The maximum Gasteiger partial charge on any atom is 0.252 e. The standard InChI is InChI=1S/C10H5F2N3/c1-2-5-6-3-4-7(13)14-10(6)15-9(12)8(5)11/h1,3-4H,(H2,13,14,15). The Morgan fingerprint density at radius 1 is 1.27 bits per heavy atom. The van der Waals surface area contributed by atoms with Crippen molar-refractivity contribution in [1.82, 2.24) is 9.97 Å². The zero-order valence-corrected chi connectivity index (χ0v) is 7.46. The molecule has 0 fully saturated rings. The van der Waals surface area contributed by atoms with Crippen LogP contribution in [0.15, 0.2) is 12.1 Å². The van der Waals surface area contributed by atoms with Crippen LogP contribution >= 0.6 is 0 Å². The van der Waals surface area contributed by atoms with E-state index in [0.29, 0.717) is 0 Å². The quantitative estimate of drug-likeness (QED) is 0.523. The summed E-state index contributed by atoms with van der Waals surface area (Å²) in [7, 11) is 0. The summed E-state index contributed by atoms with van der Waals surface area (Å²) in [5, 5.41) is 0.269. The van der Waals surface area contributed by atoms with E-state index in [4.69, 9.17) is 12.2 Å². The van der Waals surface area contributed by atoms with Crippen molar-refractivity contribution in [3.8, 4) is 12.3 Å². The molecule has 0 saturated heterocycles. The molecule has 0 unspecified atom stereocenters. The van der Waals surface area contributed by atoms with Crippen molar-refractivity contribution in [3.63, 3.8) is 0 Å². The van der Waals surface area contributed by atoms with E-state index in [1.807, 2.05) is 0 Å². The molecule has 3 nitrogen and oxygen atoms in total. The van der Waals surface area contributed by atoms with Gasteiger partial charge in [-0.05, 0) is 12.1 Å². The summed E-state index contributed by atoms with van der Waals surface area (Å²) < 4.78 is 26.2. The molecule has 0 spiro atoms. The van der Waals surface area contributed by atoms with Crippen molar-refractivity contribution < 1.29 is 8.78 Å². The first-order valence-corrected chi connectivity index (χ1v) is 4.01. The summed E-state index contributed by atoms with van der Waals surface area (Å²) in [5.74, 6) is -0.179. The van der Waals surface area contributed by atoms with Gasteiger partial charge in [0.05, 0.1) is 5.56 Å². The molecule has 0 radical (unpaired) electrons. The Labute approximate surface area is 84.0 Å². The number of pyridine rings is 2. The number of nitrogen functional groups attached to an aromatic ring is 1. The maximum atomic E-state index is 13.2. The lowest BCUT2D eigenvalue weighted by Gasteiger charge is -2.02. The molecular formula is C10H5F2N3. The highest BCUT2D eigenvalue weighted by Crippen LogP contribution is 2.20. The zero-order chi connectivity index (χ0) is 11.0. The van der Waals surface area contributed by atoms with E-state index in [-0.39, 0.29) is 22.4 Å². The van der Waals surface area contributed by atoms with E-state index in [0.717, 1.165) is 0 Å². The van der Waals surface area contributed by atoms with Gasteiger partial charge in [-0.2, -0.15) is 9.37 Å². The van der Waals surface area contributed by atoms with Crippen LogP contribution in [0.5, 0.6) is 0 Å². The Kier molecular flexibility index (Phi) is 1.97. The fourth-order valence-corrected chi connectivity index (χ4v) is 1.25. The van der Waals surface area contributed by atoms with E-state index in [2.05, 4.69) is 15.9 Å². The van der Waals surface area contributed by atoms with E-state index >= 15 is 0 Å². The van der Waals surface area contributed by atoms with Crippen molar-refractivity contribution in [3.05, 3.63) is 29.5 Å². The molecule has 0 amide bonds. The minimum absolute atomic E-state index is 0.00171. The van der Waals surface area contributed by atoms with Crippen LogP contribution < -0.4 is 5.73 Å². The Morgan fingerprint density at radius 3 is 2.67 bits per heavy atom. The number of hydrogen-bond donors (Lipinski definition) is 1. The predicted molar refractivity (Wildman–Crippen MR) is 51.8 cm³/mol. The van der Waals surface area contributed by atoms with Gasteiger partial charge in [0.15, 0.2) is 11.5 Å². The number of nitrogens with zero attached hydrogens (tertiary/aromatic N) is 2. The van der Waals surface area contributed by atoms with Gasteiger partial charge in [0, 0.05) is 5.39 Å². The highest BCUT2D eigenvalue weighted by atomic mass is 19.2. The summed E-state index contributed by atoms with van der Waals surface area (Å²) in [4.78, 5) is 7.07. The minimum Gasteiger partial charge on any atom is -0.384 e. The molecule has 0 aliphatic carbocycles. The molecule has 0 aliphatic heterocycles. The smallest absolute Gasteiger partial charge is 0.252 e. The molecule has 74 valence electrons. The Morgan fingerprint density at radius 2 is 2.00 bits per heavy atom. The van der Waals surface area contributed by atoms with Crippen LogP contribution in [0.25, 0.3) is 11.0 Å². The van der Waals surface area contributed by atoms with Crippen molar-refractivity contribution in [2.75, 3.05) is 5.73 Å². The number of anilines is 1.